The summed E-state index contributed by atoms with van der Waals surface area (Å²) in [5.74, 6) is -2.66. The first-order valence-corrected chi connectivity index (χ1v) is 7.57. The summed E-state index contributed by atoms with van der Waals surface area (Å²) < 4.78 is 31.3. The van der Waals surface area contributed by atoms with Crippen molar-refractivity contribution in [2.75, 3.05) is 17.7 Å². The summed E-state index contributed by atoms with van der Waals surface area (Å²) in [6, 6.07) is 7.55. The van der Waals surface area contributed by atoms with Gasteiger partial charge in [0.15, 0.2) is 11.6 Å². The molecule has 0 spiro atoms. The summed E-state index contributed by atoms with van der Waals surface area (Å²) in [6.07, 6.45) is 0. The molecule has 132 valence electrons. The van der Waals surface area contributed by atoms with Crippen molar-refractivity contribution in [1.29, 1.82) is 0 Å². The maximum absolute atomic E-state index is 13.2. The van der Waals surface area contributed by atoms with Crippen LogP contribution in [0, 0.1) is 17.6 Å². The number of methoxy groups -OCH3 is 1. The largest absolute Gasteiger partial charge is 0.495 e. The van der Waals surface area contributed by atoms with E-state index >= 15 is 0 Å². The van der Waals surface area contributed by atoms with Gasteiger partial charge < -0.3 is 15.4 Å². The molecule has 2 amide bonds. The molecule has 2 aromatic carbocycles. The van der Waals surface area contributed by atoms with Gasteiger partial charge in [-0.15, -0.1) is 0 Å². The topological polar surface area (TPSA) is 67.4 Å². The molecule has 0 saturated carbocycles. The van der Waals surface area contributed by atoms with Gasteiger partial charge in [-0.05, 0) is 30.3 Å². The second-order valence-corrected chi connectivity index (χ2v) is 5.64. The van der Waals surface area contributed by atoms with Gasteiger partial charge in [0, 0.05) is 23.2 Å². The molecule has 0 aliphatic carbocycles. The van der Waals surface area contributed by atoms with Crippen molar-refractivity contribution in [3.8, 4) is 5.75 Å². The van der Waals surface area contributed by atoms with Crippen LogP contribution in [-0.4, -0.2) is 18.9 Å². The van der Waals surface area contributed by atoms with Crippen molar-refractivity contribution in [2.24, 2.45) is 5.92 Å². The highest BCUT2D eigenvalue weighted by Crippen LogP contribution is 2.26. The Morgan fingerprint density at radius 2 is 1.72 bits per heavy atom. The molecule has 0 aromatic heterocycles. The van der Waals surface area contributed by atoms with Crippen molar-refractivity contribution in [2.45, 2.75) is 13.8 Å². The number of amides is 2. The molecule has 0 fully saturated rings. The third-order valence-electron chi connectivity index (χ3n) is 3.42. The summed E-state index contributed by atoms with van der Waals surface area (Å²) in [7, 11) is 1.45. The number of benzene rings is 2. The number of halogens is 2. The summed E-state index contributed by atoms with van der Waals surface area (Å²) in [6.45, 7) is 3.48. The molecule has 25 heavy (non-hydrogen) atoms. The Kier molecular flexibility index (Phi) is 5.69. The zero-order valence-corrected chi connectivity index (χ0v) is 14.0. The van der Waals surface area contributed by atoms with Gasteiger partial charge in [0.25, 0.3) is 5.91 Å². The van der Waals surface area contributed by atoms with Crippen molar-refractivity contribution >= 4 is 23.2 Å². The Morgan fingerprint density at radius 3 is 2.32 bits per heavy atom. The predicted octanol–water partition coefficient (Wildman–Crippen LogP) is 3.82. The Hall–Kier alpha value is -2.96. The molecule has 0 unspecified atom stereocenters. The molecule has 5 nitrogen and oxygen atoms in total. The molecule has 2 rings (SSSR count). The Bertz CT molecular complexity index is 807. The van der Waals surface area contributed by atoms with Gasteiger partial charge in [-0.2, -0.15) is 0 Å². The average Bonchev–Trinajstić information content (AvgIpc) is 2.58. The maximum atomic E-state index is 13.2. The van der Waals surface area contributed by atoms with Gasteiger partial charge in [-0.3, -0.25) is 9.59 Å². The monoisotopic (exact) mass is 348 g/mol. The van der Waals surface area contributed by atoms with Crippen LogP contribution < -0.4 is 15.4 Å². The van der Waals surface area contributed by atoms with E-state index in [1.54, 1.807) is 13.8 Å². The SMILES string of the molecule is COc1ccc(C(=O)Nc2ccc(F)c(F)c2)cc1NC(=O)C(C)C. The molecule has 0 aliphatic rings. The zero-order valence-electron chi connectivity index (χ0n) is 14.0. The first kappa shape index (κ1) is 18.4. The van der Waals surface area contributed by atoms with Crippen LogP contribution >= 0.6 is 0 Å². The Labute approximate surface area is 144 Å². The van der Waals surface area contributed by atoms with Crippen molar-refractivity contribution in [3.63, 3.8) is 0 Å². The van der Waals surface area contributed by atoms with Gasteiger partial charge in [-0.25, -0.2) is 8.78 Å². The number of anilines is 2. The summed E-state index contributed by atoms with van der Waals surface area (Å²) >= 11 is 0. The lowest BCUT2D eigenvalue weighted by molar-refractivity contribution is -0.118. The lowest BCUT2D eigenvalue weighted by Crippen LogP contribution is -2.19. The molecule has 0 saturated heterocycles. The first-order chi connectivity index (χ1) is 11.8. The third kappa shape index (κ3) is 4.53. The summed E-state index contributed by atoms with van der Waals surface area (Å²) in [5.41, 5.74) is 0.691. The fourth-order valence-electron chi connectivity index (χ4n) is 2.00. The highest BCUT2D eigenvalue weighted by molar-refractivity contribution is 6.05. The van der Waals surface area contributed by atoms with Crippen LogP contribution in [0.2, 0.25) is 0 Å². The van der Waals surface area contributed by atoms with Crippen LogP contribution in [0.25, 0.3) is 0 Å². The van der Waals surface area contributed by atoms with E-state index in [9.17, 15) is 18.4 Å². The quantitative estimate of drug-likeness (QED) is 0.863. The van der Waals surface area contributed by atoms with Crippen molar-refractivity contribution in [1.82, 2.24) is 0 Å². The lowest BCUT2D eigenvalue weighted by atomic mass is 10.1. The predicted molar refractivity (Wildman–Crippen MR) is 90.8 cm³/mol. The number of carbonyl (C=O) groups is 2. The molecular weight excluding hydrogens is 330 g/mol. The van der Waals surface area contributed by atoms with Crippen LogP contribution in [0.1, 0.15) is 24.2 Å². The van der Waals surface area contributed by atoms with E-state index in [1.165, 1.54) is 31.4 Å². The molecule has 2 aromatic rings. The van der Waals surface area contributed by atoms with E-state index in [2.05, 4.69) is 10.6 Å². The number of nitrogens with one attached hydrogen (secondary N) is 2. The molecule has 0 atom stereocenters. The molecule has 0 radical (unpaired) electrons. The van der Waals surface area contributed by atoms with Crippen LogP contribution in [-0.2, 0) is 4.79 Å². The normalized spacial score (nSPS) is 10.5. The van der Waals surface area contributed by atoms with E-state index < -0.39 is 17.5 Å². The van der Waals surface area contributed by atoms with Crippen LogP contribution in [0.4, 0.5) is 20.2 Å². The summed E-state index contributed by atoms with van der Waals surface area (Å²) in [5, 5.41) is 5.15. The first-order valence-electron chi connectivity index (χ1n) is 7.57. The fraction of sp³-hybridized carbons (Fsp3) is 0.222. The average molecular weight is 348 g/mol. The standard InChI is InChI=1S/C18H18F2N2O3/c1-10(2)17(23)22-15-8-11(4-7-16(15)25-3)18(24)21-12-5-6-13(19)14(20)9-12/h4-10H,1-3H3,(H,21,24)(H,22,23). The molecule has 7 heteroatoms. The molecule has 0 aliphatic heterocycles. The third-order valence-corrected chi connectivity index (χ3v) is 3.42. The van der Waals surface area contributed by atoms with Gasteiger partial charge >= 0.3 is 0 Å². The van der Waals surface area contributed by atoms with E-state index in [-0.39, 0.29) is 23.1 Å². The molecule has 0 heterocycles. The number of carbonyl (C=O) groups excluding carboxylic acids is 2. The zero-order chi connectivity index (χ0) is 18.6. The second-order valence-electron chi connectivity index (χ2n) is 5.64. The molecular formula is C18H18F2N2O3. The van der Waals surface area contributed by atoms with E-state index in [4.69, 9.17) is 4.74 Å². The minimum absolute atomic E-state index is 0.118. The molecule has 2 N–H and O–H groups in total. The minimum atomic E-state index is -1.06. The van der Waals surface area contributed by atoms with Gasteiger partial charge in [-0.1, -0.05) is 13.8 Å². The van der Waals surface area contributed by atoms with Crippen LogP contribution in [0.5, 0.6) is 5.75 Å². The minimum Gasteiger partial charge on any atom is -0.495 e. The number of rotatable bonds is 5. The van der Waals surface area contributed by atoms with E-state index in [0.29, 0.717) is 11.4 Å². The highest BCUT2D eigenvalue weighted by Gasteiger charge is 2.15. The number of hydrogen-bond acceptors (Lipinski definition) is 3. The van der Waals surface area contributed by atoms with Crippen molar-refractivity contribution < 1.29 is 23.1 Å². The Morgan fingerprint density at radius 1 is 1.00 bits per heavy atom. The van der Waals surface area contributed by atoms with Gasteiger partial charge in [0.05, 0.1) is 12.8 Å². The number of ether oxygens (including phenoxy) is 1. The van der Waals surface area contributed by atoms with Crippen LogP contribution in [0.15, 0.2) is 36.4 Å². The van der Waals surface area contributed by atoms with Crippen LogP contribution in [0.3, 0.4) is 0 Å². The van der Waals surface area contributed by atoms with Gasteiger partial charge in [0.1, 0.15) is 5.75 Å². The number of hydrogen-bond donors (Lipinski definition) is 2. The maximum Gasteiger partial charge on any atom is 0.255 e. The Balaban J connectivity index is 2.24. The fourth-order valence-corrected chi connectivity index (χ4v) is 2.00. The highest BCUT2D eigenvalue weighted by atomic mass is 19.2. The smallest absolute Gasteiger partial charge is 0.255 e. The van der Waals surface area contributed by atoms with Gasteiger partial charge in [0.2, 0.25) is 5.91 Å². The van der Waals surface area contributed by atoms with Crippen molar-refractivity contribution in [3.05, 3.63) is 53.6 Å². The summed E-state index contributed by atoms with van der Waals surface area (Å²) in [4.78, 5) is 24.2. The second kappa shape index (κ2) is 7.74. The lowest BCUT2D eigenvalue weighted by Gasteiger charge is -2.13. The molecule has 0 bridgehead atoms. The van der Waals surface area contributed by atoms with E-state index in [0.717, 1.165) is 12.1 Å². The van der Waals surface area contributed by atoms with E-state index in [1.807, 2.05) is 0 Å².